The number of rotatable bonds is 2. The van der Waals surface area contributed by atoms with Crippen molar-refractivity contribution in [1.29, 1.82) is 0 Å². The number of primary amides is 1. The minimum Gasteiger partial charge on any atom is -0.351 e. The summed E-state index contributed by atoms with van der Waals surface area (Å²) >= 11 is 0. The summed E-state index contributed by atoms with van der Waals surface area (Å²) in [5, 5.41) is 2.31. The van der Waals surface area contributed by atoms with Gasteiger partial charge in [0.15, 0.2) is 0 Å². The van der Waals surface area contributed by atoms with Crippen molar-refractivity contribution in [3.8, 4) is 11.1 Å². The molecule has 0 fully saturated rings. The number of urea groups is 1. The van der Waals surface area contributed by atoms with Gasteiger partial charge in [0, 0.05) is 11.3 Å². The topological polar surface area (TPSA) is 68.0 Å². The van der Waals surface area contributed by atoms with Crippen LogP contribution in [0.15, 0.2) is 36.4 Å². The van der Waals surface area contributed by atoms with Gasteiger partial charge in [-0.2, -0.15) is 13.2 Å². The van der Waals surface area contributed by atoms with Crippen LogP contribution in [0.1, 0.15) is 11.3 Å². The summed E-state index contributed by atoms with van der Waals surface area (Å²) in [5.41, 5.74) is 5.69. The molecular formula is C14H12F3N3O. The second kappa shape index (κ2) is 5.43. The van der Waals surface area contributed by atoms with Gasteiger partial charge in [0.1, 0.15) is 5.82 Å². The SMILES string of the molecule is Cc1nc(NC(N)=O)ccc1-c1cccc(C(F)(F)F)c1. The molecule has 4 nitrogen and oxygen atoms in total. The lowest BCUT2D eigenvalue weighted by Crippen LogP contribution is -2.20. The van der Waals surface area contributed by atoms with Crippen LogP contribution in [-0.4, -0.2) is 11.0 Å². The molecule has 0 aliphatic carbocycles. The predicted octanol–water partition coefficient (Wildman–Crippen LogP) is 3.57. The molecule has 2 aromatic rings. The van der Waals surface area contributed by atoms with Crippen LogP contribution in [-0.2, 0) is 6.18 Å². The Hall–Kier alpha value is -2.57. The van der Waals surface area contributed by atoms with Gasteiger partial charge in [-0.15, -0.1) is 0 Å². The van der Waals surface area contributed by atoms with Gasteiger partial charge in [0.2, 0.25) is 0 Å². The Labute approximate surface area is 118 Å². The summed E-state index contributed by atoms with van der Waals surface area (Å²) in [4.78, 5) is 14.8. The molecule has 2 amide bonds. The van der Waals surface area contributed by atoms with E-state index in [0.29, 0.717) is 16.8 Å². The fraction of sp³-hybridized carbons (Fsp3) is 0.143. The predicted molar refractivity (Wildman–Crippen MR) is 72.6 cm³/mol. The molecule has 21 heavy (non-hydrogen) atoms. The lowest BCUT2D eigenvalue weighted by atomic mass is 10.0. The van der Waals surface area contributed by atoms with E-state index >= 15 is 0 Å². The molecule has 7 heteroatoms. The number of nitrogens with zero attached hydrogens (tertiary/aromatic N) is 1. The number of halogens is 3. The van der Waals surface area contributed by atoms with E-state index in [4.69, 9.17) is 5.73 Å². The number of hydrogen-bond donors (Lipinski definition) is 2. The number of amides is 2. The lowest BCUT2D eigenvalue weighted by Gasteiger charge is -2.11. The van der Waals surface area contributed by atoms with Crippen LogP contribution in [0.2, 0.25) is 0 Å². The first kappa shape index (κ1) is 14.8. The Kier molecular flexibility index (Phi) is 3.84. The molecule has 0 radical (unpaired) electrons. The highest BCUT2D eigenvalue weighted by atomic mass is 19.4. The number of aromatic nitrogens is 1. The van der Waals surface area contributed by atoms with E-state index < -0.39 is 17.8 Å². The minimum absolute atomic E-state index is 0.246. The molecule has 0 aliphatic rings. The standard InChI is InChI=1S/C14H12F3N3O/c1-8-11(5-6-12(19-8)20-13(18)21)9-3-2-4-10(7-9)14(15,16)17/h2-7H,1H3,(H3,18,19,20,21). The summed E-state index contributed by atoms with van der Waals surface area (Å²) in [7, 11) is 0. The van der Waals surface area contributed by atoms with Gasteiger partial charge >= 0.3 is 12.2 Å². The first-order chi connectivity index (χ1) is 9.77. The molecule has 0 aliphatic heterocycles. The minimum atomic E-state index is -4.40. The number of anilines is 1. The zero-order valence-corrected chi connectivity index (χ0v) is 11.0. The van der Waals surface area contributed by atoms with Crippen molar-refractivity contribution < 1.29 is 18.0 Å². The molecule has 110 valence electrons. The van der Waals surface area contributed by atoms with Crippen molar-refractivity contribution in [1.82, 2.24) is 4.98 Å². The third-order valence-corrected chi connectivity index (χ3v) is 2.84. The Balaban J connectivity index is 2.41. The molecule has 0 unspecified atom stereocenters. The van der Waals surface area contributed by atoms with E-state index in [1.54, 1.807) is 19.1 Å². The first-order valence-corrected chi connectivity index (χ1v) is 5.99. The quantitative estimate of drug-likeness (QED) is 0.889. The van der Waals surface area contributed by atoms with Crippen molar-refractivity contribution in [2.75, 3.05) is 5.32 Å². The molecule has 1 heterocycles. The highest BCUT2D eigenvalue weighted by molar-refractivity contribution is 5.87. The molecule has 0 atom stereocenters. The van der Waals surface area contributed by atoms with Gasteiger partial charge in [-0.1, -0.05) is 12.1 Å². The number of pyridine rings is 1. The number of aryl methyl sites for hydroxylation is 1. The number of nitrogens with one attached hydrogen (secondary N) is 1. The summed E-state index contributed by atoms with van der Waals surface area (Å²) in [6, 6.07) is 7.29. The average Bonchev–Trinajstić information content (AvgIpc) is 2.37. The lowest BCUT2D eigenvalue weighted by molar-refractivity contribution is -0.137. The van der Waals surface area contributed by atoms with Crippen molar-refractivity contribution >= 4 is 11.8 Å². The molecule has 3 N–H and O–H groups in total. The van der Waals surface area contributed by atoms with E-state index in [-0.39, 0.29) is 5.82 Å². The smallest absolute Gasteiger partial charge is 0.351 e. The van der Waals surface area contributed by atoms with Gasteiger partial charge in [-0.25, -0.2) is 9.78 Å². The number of hydrogen-bond acceptors (Lipinski definition) is 2. The summed E-state index contributed by atoms with van der Waals surface area (Å²) in [5.74, 6) is 0.246. The largest absolute Gasteiger partial charge is 0.416 e. The fourth-order valence-corrected chi connectivity index (χ4v) is 1.93. The van der Waals surface area contributed by atoms with Crippen LogP contribution in [0.3, 0.4) is 0 Å². The van der Waals surface area contributed by atoms with Gasteiger partial charge in [-0.05, 0) is 36.8 Å². The van der Waals surface area contributed by atoms with Crippen LogP contribution < -0.4 is 11.1 Å². The first-order valence-electron chi connectivity index (χ1n) is 5.99. The molecule has 2 rings (SSSR count). The second-order valence-corrected chi connectivity index (χ2v) is 4.40. The van der Waals surface area contributed by atoms with Gasteiger partial charge in [0.05, 0.1) is 5.56 Å². The van der Waals surface area contributed by atoms with Gasteiger partial charge in [0.25, 0.3) is 0 Å². The monoisotopic (exact) mass is 295 g/mol. The molecule has 0 saturated heterocycles. The third-order valence-electron chi connectivity index (χ3n) is 2.84. The summed E-state index contributed by atoms with van der Waals surface area (Å²) in [6.45, 7) is 1.64. The molecule has 1 aromatic heterocycles. The number of alkyl halides is 3. The number of nitrogens with two attached hydrogens (primary N) is 1. The molecular weight excluding hydrogens is 283 g/mol. The summed E-state index contributed by atoms with van der Waals surface area (Å²) in [6.07, 6.45) is -4.40. The Morgan fingerprint density at radius 1 is 1.24 bits per heavy atom. The van der Waals surface area contributed by atoms with Crippen molar-refractivity contribution in [3.63, 3.8) is 0 Å². The number of carbonyl (C=O) groups excluding carboxylic acids is 1. The van der Waals surface area contributed by atoms with Gasteiger partial charge < -0.3 is 5.73 Å². The average molecular weight is 295 g/mol. The molecule has 1 aromatic carbocycles. The molecule has 0 saturated carbocycles. The highest BCUT2D eigenvalue weighted by Gasteiger charge is 2.30. The van der Waals surface area contributed by atoms with E-state index in [0.717, 1.165) is 12.1 Å². The van der Waals surface area contributed by atoms with Crippen molar-refractivity contribution in [3.05, 3.63) is 47.7 Å². The van der Waals surface area contributed by atoms with E-state index in [1.165, 1.54) is 12.1 Å². The number of carbonyl (C=O) groups is 1. The van der Waals surface area contributed by atoms with Gasteiger partial charge in [-0.3, -0.25) is 5.32 Å². The Morgan fingerprint density at radius 2 is 1.95 bits per heavy atom. The second-order valence-electron chi connectivity index (χ2n) is 4.40. The van der Waals surface area contributed by atoms with E-state index in [9.17, 15) is 18.0 Å². The Bertz CT molecular complexity index is 683. The maximum absolute atomic E-state index is 12.7. The van der Waals surface area contributed by atoms with Crippen molar-refractivity contribution in [2.24, 2.45) is 5.73 Å². The normalized spacial score (nSPS) is 11.2. The van der Waals surface area contributed by atoms with Crippen molar-refractivity contribution in [2.45, 2.75) is 13.1 Å². The number of benzene rings is 1. The van der Waals surface area contributed by atoms with Crippen LogP contribution in [0, 0.1) is 6.92 Å². The maximum atomic E-state index is 12.7. The van der Waals surface area contributed by atoms with Crippen LogP contribution in [0.5, 0.6) is 0 Å². The zero-order valence-electron chi connectivity index (χ0n) is 11.0. The van der Waals surface area contributed by atoms with Crippen LogP contribution >= 0.6 is 0 Å². The van der Waals surface area contributed by atoms with Crippen LogP contribution in [0.4, 0.5) is 23.8 Å². The highest BCUT2D eigenvalue weighted by Crippen LogP contribution is 2.33. The molecule has 0 bridgehead atoms. The van der Waals surface area contributed by atoms with Crippen LogP contribution in [0.25, 0.3) is 11.1 Å². The summed E-state index contributed by atoms with van der Waals surface area (Å²) < 4.78 is 38.1. The zero-order chi connectivity index (χ0) is 15.6. The van der Waals surface area contributed by atoms with E-state index in [1.807, 2.05) is 0 Å². The maximum Gasteiger partial charge on any atom is 0.416 e. The third kappa shape index (κ3) is 3.50. The molecule has 0 spiro atoms. The fourth-order valence-electron chi connectivity index (χ4n) is 1.93. The Morgan fingerprint density at radius 3 is 2.52 bits per heavy atom. The van der Waals surface area contributed by atoms with E-state index in [2.05, 4.69) is 10.3 Å².